The van der Waals surface area contributed by atoms with Gasteiger partial charge in [0.25, 0.3) is 0 Å². The molecule has 2 aliphatic rings. The van der Waals surface area contributed by atoms with Crippen LogP contribution in [0.1, 0.15) is 27.4 Å². The van der Waals surface area contributed by atoms with Crippen molar-refractivity contribution >= 4 is 17.2 Å². The van der Waals surface area contributed by atoms with E-state index in [1.165, 1.54) is 0 Å². The van der Waals surface area contributed by atoms with Gasteiger partial charge in [0.05, 0.1) is 11.5 Å². The predicted octanol–water partition coefficient (Wildman–Crippen LogP) is 3.17. The van der Waals surface area contributed by atoms with Crippen molar-refractivity contribution in [2.45, 2.75) is 5.92 Å². The summed E-state index contributed by atoms with van der Waals surface area (Å²) in [6.45, 7) is 0. The van der Waals surface area contributed by atoms with Crippen LogP contribution in [0, 0.1) is 11.3 Å². The molecule has 0 saturated carbocycles. The second-order valence-electron chi connectivity index (χ2n) is 6.53. The maximum absolute atomic E-state index is 13.0. The molecule has 128 valence electrons. The number of hydrogen-bond acceptors (Lipinski definition) is 5. The van der Waals surface area contributed by atoms with Gasteiger partial charge in [0.2, 0.25) is 5.88 Å². The van der Waals surface area contributed by atoms with Gasteiger partial charge in [-0.3, -0.25) is 4.79 Å². The summed E-state index contributed by atoms with van der Waals surface area (Å²) < 4.78 is 5.71. The normalized spacial score (nSPS) is 18.2. The number of nitrogens with two attached hydrogens (primary N) is 1. The van der Waals surface area contributed by atoms with Gasteiger partial charge in [0.1, 0.15) is 17.4 Å². The van der Waals surface area contributed by atoms with Crippen LogP contribution >= 0.6 is 0 Å². The number of benzene rings is 2. The standard InChI is InChI=1S/C21H17N3O2/c1-24(2)13-9-7-12(8-10-13)17-16(11-22)21(23)26-20-15-6-4-3-5-14(15)19(25)18(17)20/h3-10,17H,23H2,1-2H3. The lowest BCUT2D eigenvalue weighted by Gasteiger charge is -2.25. The minimum absolute atomic E-state index is 0.0532. The summed E-state index contributed by atoms with van der Waals surface area (Å²) >= 11 is 0. The molecule has 5 heteroatoms. The van der Waals surface area contributed by atoms with Gasteiger partial charge >= 0.3 is 0 Å². The van der Waals surface area contributed by atoms with Crippen molar-refractivity contribution in [3.63, 3.8) is 0 Å². The summed E-state index contributed by atoms with van der Waals surface area (Å²) in [6.07, 6.45) is 0. The van der Waals surface area contributed by atoms with Crippen LogP contribution in [0.5, 0.6) is 0 Å². The molecular formula is C21H17N3O2. The van der Waals surface area contributed by atoms with E-state index < -0.39 is 5.92 Å². The van der Waals surface area contributed by atoms with Crippen LogP contribution in [0.15, 0.2) is 65.6 Å². The summed E-state index contributed by atoms with van der Waals surface area (Å²) in [5, 5.41) is 9.65. The van der Waals surface area contributed by atoms with E-state index in [1.807, 2.05) is 61.5 Å². The Morgan fingerprint density at radius 2 is 1.73 bits per heavy atom. The zero-order valence-corrected chi connectivity index (χ0v) is 14.5. The highest BCUT2D eigenvalue weighted by molar-refractivity contribution is 6.21. The fourth-order valence-electron chi connectivity index (χ4n) is 3.51. The molecular weight excluding hydrogens is 326 g/mol. The average Bonchev–Trinajstić information content (AvgIpc) is 2.93. The average molecular weight is 343 g/mol. The van der Waals surface area contributed by atoms with Gasteiger partial charge in [0.15, 0.2) is 5.78 Å². The first kappa shape index (κ1) is 16.0. The number of ketones is 1. The van der Waals surface area contributed by atoms with Crippen LogP contribution in [0.25, 0.3) is 5.76 Å². The summed E-state index contributed by atoms with van der Waals surface area (Å²) in [6, 6.07) is 17.2. The third-order valence-corrected chi connectivity index (χ3v) is 4.82. The van der Waals surface area contributed by atoms with Gasteiger partial charge in [-0.15, -0.1) is 0 Å². The Morgan fingerprint density at radius 1 is 1.08 bits per heavy atom. The molecule has 0 spiro atoms. The topological polar surface area (TPSA) is 79.3 Å². The number of anilines is 1. The van der Waals surface area contributed by atoms with Crippen molar-refractivity contribution in [2.75, 3.05) is 19.0 Å². The molecule has 4 rings (SSSR count). The second kappa shape index (κ2) is 5.78. The zero-order valence-electron chi connectivity index (χ0n) is 14.5. The second-order valence-corrected chi connectivity index (χ2v) is 6.53. The lowest BCUT2D eigenvalue weighted by molar-refractivity contribution is 0.103. The first-order valence-corrected chi connectivity index (χ1v) is 8.26. The first-order valence-electron chi connectivity index (χ1n) is 8.26. The van der Waals surface area contributed by atoms with Gasteiger partial charge in [-0.1, -0.05) is 36.4 Å². The quantitative estimate of drug-likeness (QED) is 0.906. The summed E-state index contributed by atoms with van der Waals surface area (Å²) in [4.78, 5) is 15.0. The van der Waals surface area contributed by atoms with E-state index >= 15 is 0 Å². The van der Waals surface area contributed by atoms with Crippen LogP contribution in [-0.4, -0.2) is 19.9 Å². The molecule has 2 aromatic carbocycles. The molecule has 0 amide bonds. The molecule has 0 bridgehead atoms. The number of ether oxygens (including phenoxy) is 1. The molecule has 1 aliphatic carbocycles. The van der Waals surface area contributed by atoms with Gasteiger partial charge < -0.3 is 15.4 Å². The fourth-order valence-corrected chi connectivity index (χ4v) is 3.51. The van der Waals surface area contributed by atoms with Crippen molar-refractivity contribution in [1.29, 1.82) is 5.26 Å². The Kier molecular flexibility index (Phi) is 3.55. The van der Waals surface area contributed by atoms with Crippen LogP contribution in [0.4, 0.5) is 5.69 Å². The number of fused-ring (bicyclic) bond motifs is 2. The van der Waals surface area contributed by atoms with Crippen molar-refractivity contribution in [3.05, 3.63) is 82.3 Å². The summed E-state index contributed by atoms with van der Waals surface area (Å²) in [5.41, 5.74) is 9.96. The third-order valence-electron chi connectivity index (χ3n) is 4.82. The van der Waals surface area contributed by atoms with Crippen molar-refractivity contribution in [3.8, 4) is 6.07 Å². The van der Waals surface area contributed by atoms with E-state index in [4.69, 9.17) is 10.5 Å². The van der Waals surface area contributed by atoms with Crippen molar-refractivity contribution < 1.29 is 9.53 Å². The number of nitriles is 1. The summed E-state index contributed by atoms with van der Waals surface area (Å²) in [5.74, 6) is -0.126. The van der Waals surface area contributed by atoms with Crippen LogP contribution in [-0.2, 0) is 4.74 Å². The van der Waals surface area contributed by atoms with E-state index in [9.17, 15) is 10.1 Å². The first-order chi connectivity index (χ1) is 12.5. The maximum Gasteiger partial charge on any atom is 0.205 e. The van der Waals surface area contributed by atoms with E-state index in [2.05, 4.69) is 6.07 Å². The molecule has 1 aliphatic heterocycles. The molecule has 5 nitrogen and oxygen atoms in total. The number of carbonyl (C=O) groups is 1. The maximum atomic E-state index is 13.0. The predicted molar refractivity (Wildman–Crippen MR) is 99.1 cm³/mol. The van der Waals surface area contributed by atoms with E-state index in [0.29, 0.717) is 16.9 Å². The number of nitrogens with zero attached hydrogens (tertiary/aromatic N) is 2. The number of rotatable bonds is 2. The van der Waals surface area contributed by atoms with Crippen LogP contribution in [0.2, 0.25) is 0 Å². The fraction of sp³-hybridized carbons (Fsp3) is 0.143. The molecule has 2 aromatic rings. The third kappa shape index (κ3) is 2.20. The number of carbonyl (C=O) groups excluding carboxylic acids is 1. The molecule has 26 heavy (non-hydrogen) atoms. The van der Waals surface area contributed by atoms with Crippen molar-refractivity contribution in [2.24, 2.45) is 5.73 Å². The highest BCUT2D eigenvalue weighted by Crippen LogP contribution is 2.48. The molecule has 0 aromatic heterocycles. The summed E-state index contributed by atoms with van der Waals surface area (Å²) in [7, 11) is 3.92. The Hall–Kier alpha value is -3.52. The Balaban J connectivity index is 1.89. The molecule has 0 fully saturated rings. The Morgan fingerprint density at radius 3 is 2.35 bits per heavy atom. The van der Waals surface area contributed by atoms with E-state index in [1.54, 1.807) is 6.07 Å². The molecule has 1 atom stereocenters. The molecule has 2 N–H and O–H groups in total. The number of hydrogen-bond donors (Lipinski definition) is 1. The molecule has 0 saturated heterocycles. The Bertz CT molecular complexity index is 1020. The monoisotopic (exact) mass is 343 g/mol. The minimum Gasteiger partial charge on any atom is -0.439 e. The zero-order chi connectivity index (χ0) is 18.4. The van der Waals surface area contributed by atoms with Crippen molar-refractivity contribution in [1.82, 2.24) is 0 Å². The van der Waals surface area contributed by atoms with Gasteiger partial charge in [-0.2, -0.15) is 5.26 Å². The highest BCUT2D eigenvalue weighted by Gasteiger charge is 2.42. The smallest absolute Gasteiger partial charge is 0.205 e. The number of Topliss-reactive ketones (excluding diaryl/α,β-unsaturated/α-hetero) is 1. The number of allylic oxidation sites excluding steroid dienone is 2. The molecule has 1 unspecified atom stereocenters. The Labute approximate surface area is 151 Å². The molecule has 0 radical (unpaired) electrons. The minimum atomic E-state index is -0.528. The lowest BCUT2D eigenvalue weighted by Crippen LogP contribution is -2.21. The largest absolute Gasteiger partial charge is 0.439 e. The van der Waals surface area contributed by atoms with Gasteiger partial charge in [0, 0.05) is 30.9 Å². The van der Waals surface area contributed by atoms with E-state index in [-0.39, 0.29) is 17.2 Å². The highest BCUT2D eigenvalue weighted by atomic mass is 16.5. The SMILES string of the molecule is CN(C)c1ccc(C2C(C#N)=C(N)OC3=C2C(=O)c2ccccc23)cc1. The van der Waals surface area contributed by atoms with Gasteiger partial charge in [-0.25, -0.2) is 0 Å². The lowest BCUT2D eigenvalue weighted by atomic mass is 9.82. The van der Waals surface area contributed by atoms with E-state index in [0.717, 1.165) is 16.8 Å². The van der Waals surface area contributed by atoms with Crippen LogP contribution < -0.4 is 10.6 Å². The molecule has 1 heterocycles. The van der Waals surface area contributed by atoms with Gasteiger partial charge in [-0.05, 0) is 17.7 Å². The van der Waals surface area contributed by atoms with Crippen LogP contribution in [0.3, 0.4) is 0 Å².